The molecule has 0 unspecified atom stereocenters. The lowest BCUT2D eigenvalue weighted by Crippen LogP contribution is -2.18. The van der Waals surface area contributed by atoms with Gasteiger partial charge in [-0.2, -0.15) is 0 Å². The fraction of sp³-hybridized carbons (Fsp3) is 0.238. The summed E-state index contributed by atoms with van der Waals surface area (Å²) in [4.78, 5) is 18.7. The number of nitrogens with one attached hydrogen (secondary N) is 2. The molecule has 0 saturated heterocycles. The van der Waals surface area contributed by atoms with E-state index in [2.05, 4.69) is 67.2 Å². The van der Waals surface area contributed by atoms with E-state index in [1.807, 2.05) is 24.8 Å². The molecule has 0 aliphatic heterocycles. The zero-order valence-electron chi connectivity index (χ0n) is 16.5. The highest BCUT2D eigenvalue weighted by atomic mass is 32.1. The summed E-state index contributed by atoms with van der Waals surface area (Å²) in [6.07, 6.45) is 9.25. The summed E-state index contributed by atoms with van der Waals surface area (Å²) in [7, 11) is 0. The van der Waals surface area contributed by atoms with Crippen molar-refractivity contribution in [2.75, 3.05) is 11.9 Å². The number of aryl methyl sites for hydroxylation is 2. The highest BCUT2D eigenvalue weighted by Crippen LogP contribution is 2.25. The molecular weight excluding hydrogens is 382 g/mol. The zero-order chi connectivity index (χ0) is 20.1. The number of benzene rings is 1. The minimum Gasteiger partial charge on any atom is -0.336 e. The normalized spacial score (nSPS) is 11.0. The van der Waals surface area contributed by atoms with Crippen molar-refractivity contribution in [2.45, 2.75) is 26.9 Å². The highest BCUT2D eigenvalue weighted by molar-refractivity contribution is 7.14. The fourth-order valence-electron chi connectivity index (χ4n) is 3.06. The molecule has 0 bridgehead atoms. The van der Waals surface area contributed by atoms with Crippen molar-refractivity contribution in [1.29, 1.82) is 0 Å². The Morgan fingerprint density at radius 2 is 1.93 bits per heavy atom. The zero-order valence-corrected chi connectivity index (χ0v) is 17.3. The molecule has 0 fully saturated rings. The van der Waals surface area contributed by atoms with Crippen LogP contribution in [0, 0.1) is 13.8 Å². The van der Waals surface area contributed by atoms with E-state index in [4.69, 9.17) is 0 Å². The number of aromatic nitrogens is 5. The van der Waals surface area contributed by atoms with Gasteiger partial charge in [-0.25, -0.2) is 19.9 Å². The minimum atomic E-state index is 0.572. The molecule has 0 atom stereocenters. The molecule has 4 rings (SSSR count). The number of nitrogens with zero attached hydrogens (tertiary/aromatic N) is 5. The first-order valence-corrected chi connectivity index (χ1v) is 10.3. The van der Waals surface area contributed by atoms with Gasteiger partial charge >= 0.3 is 0 Å². The van der Waals surface area contributed by atoms with Gasteiger partial charge in [-0.15, -0.1) is 11.3 Å². The molecule has 0 radical (unpaired) electrons. The van der Waals surface area contributed by atoms with E-state index < -0.39 is 0 Å². The van der Waals surface area contributed by atoms with Crippen molar-refractivity contribution in [1.82, 2.24) is 29.8 Å². The lowest BCUT2D eigenvalue weighted by atomic mass is 10.1. The van der Waals surface area contributed by atoms with Crippen molar-refractivity contribution in [2.24, 2.45) is 0 Å². The smallest absolute Gasteiger partial charge is 0.227 e. The van der Waals surface area contributed by atoms with Crippen LogP contribution in [0.2, 0.25) is 0 Å². The van der Waals surface area contributed by atoms with Gasteiger partial charge in [0.05, 0.1) is 6.33 Å². The predicted octanol–water partition coefficient (Wildman–Crippen LogP) is 3.95. The molecule has 3 heterocycles. The molecular formula is C21H23N7S. The molecule has 3 aromatic heterocycles. The summed E-state index contributed by atoms with van der Waals surface area (Å²) in [6.45, 7) is 6.71. The van der Waals surface area contributed by atoms with Crippen LogP contribution in [0.4, 0.5) is 11.6 Å². The standard InChI is InChI=1S/C21H23N7S/c1-15-9-16(2)11-17(10-15)26-21-24-4-3-19(27-21)20-25-13-18(29-20)12-22-5-7-28-8-6-23-14-28/h3-4,6,8-11,13-14,22H,5,7,12H2,1-2H3,(H,24,26,27). The van der Waals surface area contributed by atoms with Crippen LogP contribution in [0.25, 0.3) is 10.7 Å². The summed E-state index contributed by atoms with van der Waals surface area (Å²) in [6, 6.07) is 8.20. The molecule has 0 spiro atoms. The largest absolute Gasteiger partial charge is 0.336 e. The second-order valence-electron chi connectivity index (χ2n) is 6.88. The summed E-state index contributed by atoms with van der Waals surface area (Å²) < 4.78 is 2.05. The van der Waals surface area contributed by atoms with Gasteiger partial charge in [-0.05, 0) is 43.2 Å². The second-order valence-corrected chi connectivity index (χ2v) is 7.99. The van der Waals surface area contributed by atoms with Crippen LogP contribution >= 0.6 is 11.3 Å². The van der Waals surface area contributed by atoms with Crippen LogP contribution in [-0.2, 0) is 13.1 Å². The van der Waals surface area contributed by atoms with Crippen LogP contribution in [0.5, 0.6) is 0 Å². The Balaban J connectivity index is 1.38. The van der Waals surface area contributed by atoms with Gasteiger partial charge < -0.3 is 15.2 Å². The molecule has 0 aliphatic rings. The van der Waals surface area contributed by atoms with Gasteiger partial charge in [0.25, 0.3) is 0 Å². The minimum absolute atomic E-state index is 0.572. The number of rotatable bonds is 8. The quantitative estimate of drug-likeness (QED) is 0.432. The number of imidazole rings is 1. The van der Waals surface area contributed by atoms with Crippen LogP contribution in [0.15, 0.2) is 55.4 Å². The van der Waals surface area contributed by atoms with Gasteiger partial charge in [0, 0.05) is 55.0 Å². The molecule has 7 nitrogen and oxygen atoms in total. The average molecular weight is 406 g/mol. The maximum atomic E-state index is 4.64. The topological polar surface area (TPSA) is 80.5 Å². The van der Waals surface area contributed by atoms with Crippen molar-refractivity contribution in [3.05, 3.63) is 71.4 Å². The lowest BCUT2D eigenvalue weighted by molar-refractivity contribution is 0.600. The molecule has 29 heavy (non-hydrogen) atoms. The molecule has 0 amide bonds. The first kappa shape index (κ1) is 19.2. The second kappa shape index (κ2) is 8.93. The number of hydrogen-bond acceptors (Lipinski definition) is 7. The van der Waals surface area contributed by atoms with Crippen molar-refractivity contribution in [3.8, 4) is 10.7 Å². The lowest BCUT2D eigenvalue weighted by Gasteiger charge is -2.07. The van der Waals surface area contributed by atoms with Crippen molar-refractivity contribution >= 4 is 23.0 Å². The Labute approximate surface area is 173 Å². The van der Waals surface area contributed by atoms with E-state index in [0.717, 1.165) is 36.0 Å². The Kier molecular flexibility index (Phi) is 5.92. The van der Waals surface area contributed by atoms with E-state index in [-0.39, 0.29) is 0 Å². The van der Waals surface area contributed by atoms with E-state index in [9.17, 15) is 0 Å². The maximum Gasteiger partial charge on any atom is 0.227 e. The van der Waals surface area contributed by atoms with E-state index in [1.165, 1.54) is 16.0 Å². The molecule has 2 N–H and O–H groups in total. The molecule has 0 aliphatic carbocycles. The number of anilines is 2. The van der Waals surface area contributed by atoms with E-state index >= 15 is 0 Å². The third kappa shape index (κ3) is 5.24. The Hall–Kier alpha value is -3.10. The predicted molar refractivity (Wildman–Crippen MR) is 116 cm³/mol. The van der Waals surface area contributed by atoms with Gasteiger partial charge in [0.15, 0.2) is 0 Å². The fourth-order valence-corrected chi connectivity index (χ4v) is 3.91. The Morgan fingerprint density at radius 3 is 2.72 bits per heavy atom. The summed E-state index contributed by atoms with van der Waals surface area (Å²) in [5, 5.41) is 7.62. The average Bonchev–Trinajstić information content (AvgIpc) is 3.37. The van der Waals surface area contributed by atoms with Crippen LogP contribution in [0.3, 0.4) is 0 Å². The third-order valence-corrected chi connectivity index (χ3v) is 5.33. The monoisotopic (exact) mass is 405 g/mol. The highest BCUT2D eigenvalue weighted by Gasteiger charge is 2.08. The van der Waals surface area contributed by atoms with Gasteiger partial charge in [-0.1, -0.05) is 6.07 Å². The number of thiazole rings is 1. The summed E-state index contributed by atoms with van der Waals surface area (Å²) >= 11 is 1.64. The Bertz CT molecular complexity index is 1050. The third-order valence-electron chi connectivity index (χ3n) is 4.31. The summed E-state index contributed by atoms with van der Waals surface area (Å²) in [5.74, 6) is 0.572. The first-order chi connectivity index (χ1) is 14.2. The molecule has 0 saturated carbocycles. The van der Waals surface area contributed by atoms with Gasteiger partial charge in [-0.3, -0.25) is 0 Å². The van der Waals surface area contributed by atoms with E-state index in [1.54, 1.807) is 23.7 Å². The molecule has 8 heteroatoms. The van der Waals surface area contributed by atoms with Gasteiger partial charge in [0.1, 0.15) is 10.7 Å². The van der Waals surface area contributed by atoms with Crippen molar-refractivity contribution in [3.63, 3.8) is 0 Å². The molecule has 4 aromatic rings. The SMILES string of the molecule is Cc1cc(C)cc(Nc2nccc(-c3ncc(CNCCn4ccnc4)s3)n2)c1. The van der Waals surface area contributed by atoms with Crippen molar-refractivity contribution < 1.29 is 0 Å². The van der Waals surface area contributed by atoms with E-state index in [0.29, 0.717) is 5.95 Å². The Morgan fingerprint density at radius 1 is 1.07 bits per heavy atom. The molecule has 148 valence electrons. The molecule has 1 aromatic carbocycles. The van der Waals surface area contributed by atoms with Crippen LogP contribution < -0.4 is 10.6 Å². The summed E-state index contributed by atoms with van der Waals surface area (Å²) in [5.41, 5.74) is 4.21. The maximum absolute atomic E-state index is 4.64. The van der Waals surface area contributed by atoms with Crippen LogP contribution in [0.1, 0.15) is 16.0 Å². The first-order valence-electron chi connectivity index (χ1n) is 9.45. The number of hydrogen-bond donors (Lipinski definition) is 2. The van der Waals surface area contributed by atoms with Crippen LogP contribution in [-0.4, -0.2) is 31.0 Å². The van der Waals surface area contributed by atoms with Gasteiger partial charge in [0.2, 0.25) is 5.95 Å².